The molecule has 2 nitrogen and oxygen atoms in total. The Morgan fingerprint density at radius 1 is 1.21 bits per heavy atom. The van der Waals surface area contributed by atoms with E-state index < -0.39 is 18.6 Å². The van der Waals surface area contributed by atoms with Crippen LogP contribution in [0.15, 0.2) is 30.3 Å². The molecular formula is C14H15F3N2. The Morgan fingerprint density at radius 2 is 1.95 bits per heavy atom. The molecule has 0 bridgehead atoms. The summed E-state index contributed by atoms with van der Waals surface area (Å²) in [6.45, 7) is 1.89. The average Bonchev–Trinajstić information content (AvgIpc) is 2.34. The third-order valence-electron chi connectivity index (χ3n) is 3.02. The first-order valence-corrected chi connectivity index (χ1v) is 6.05. The monoisotopic (exact) mass is 268 g/mol. The Labute approximate surface area is 109 Å². The smallest absolute Gasteiger partial charge is 0.324 e. The van der Waals surface area contributed by atoms with E-state index in [0.29, 0.717) is 5.56 Å². The quantitative estimate of drug-likeness (QED) is 0.917. The maximum absolute atomic E-state index is 12.2. The molecule has 1 unspecified atom stereocenters. The molecule has 0 aliphatic carbocycles. The second-order valence-electron chi connectivity index (χ2n) is 4.67. The number of hydrogen-bond donors (Lipinski definition) is 1. The number of aromatic nitrogens is 1. The van der Waals surface area contributed by atoms with E-state index in [1.807, 2.05) is 25.1 Å². The highest BCUT2D eigenvalue weighted by atomic mass is 19.4. The predicted molar refractivity (Wildman–Crippen MR) is 68.7 cm³/mol. The van der Waals surface area contributed by atoms with Crippen LogP contribution in [0.3, 0.4) is 0 Å². The molecule has 1 atom stereocenters. The fraction of sp³-hybridized carbons (Fsp3) is 0.357. The van der Waals surface area contributed by atoms with Crippen molar-refractivity contribution in [1.29, 1.82) is 0 Å². The lowest BCUT2D eigenvalue weighted by Crippen LogP contribution is -2.15. The molecule has 1 aromatic carbocycles. The van der Waals surface area contributed by atoms with Crippen LogP contribution in [0.4, 0.5) is 13.2 Å². The molecule has 0 radical (unpaired) electrons. The van der Waals surface area contributed by atoms with Crippen molar-refractivity contribution >= 4 is 10.9 Å². The number of nitrogens with zero attached hydrogens (tertiary/aromatic N) is 1. The summed E-state index contributed by atoms with van der Waals surface area (Å²) in [5.74, 6) is 0. The molecule has 1 aromatic heterocycles. The maximum atomic E-state index is 12.2. The number of halogens is 3. The van der Waals surface area contributed by atoms with Gasteiger partial charge in [0.2, 0.25) is 0 Å². The van der Waals surface area contributed by atoms with Gasteiger partial charge in [-0.05, 0) is 37.1 Å². The Balaban J connectivity index is 2.18. The Hall–Kier alpha value is -1.62. The summed E-state index contributed by atoms with van der Waals surface area (Å²) < 4.78 is 36.5. The highest BCUT2D eigenvalue weighted by Gasteiger charge is 2.27. The first kappa shape index (κ1) is 13.8. The van der Waals surface area contributed by atoms with Crippen molar-refractivity contribution in [3.8, 4) is 0 Å². The molecule has 0 saturated heterocycles. The van der Waals surface area contributed by atoms with E-state index in [1.165, 1.54) is 0 Å². The molecule has 19 heavy (non-hydrogen) atoms. The molecule has 2 rings (SSSR count). The van der Waals surface area contributed by atoms with Crippen molar-refractivity contribution in [3.05, 3.63) is 41.6 Å². The van der Waals surface area contributed by atoms with Crippen molar-refractivity contribution in [3.63, 3.8) is 0 Å². The lowest BCUT2D eigenvalue weighted by Gasteiger charge is -2.14. The van der Waals surface area contributed by atoms with Gasteiger partial charge in [0, 0.05) is 23.5 Å². The minimum Gasteiger partial charge on any atom is -0.324 e. The van der Waals surface area contributed by atoms with E-state index in [2.05, 4.69) is 4.98 Å². The van der Waals surface area contributed by atoms with Crippen LogP contribution in [0, 0.1) is 6.92 Å². The third-order valence-corrected chi connectivity index (χ3v) is 3.02. The second kappa shape index (κ2) is 5.17. The number of nitrogens with two attached hydrogens (primary N) is 1. The fourth-order valence-corrected chi connectivity index (χ4v) is 1.96. The van der Waals surface area contributed by atoms with Gasteiger partial charge in [0.25, 0.3) is 0 Å². The molecule has 0 aliphatic heterocycles. The molecule has 0 aliphatic rings. The number of alkyl halides is 3. The molecule has 0 fully saturated rings. The van der Waals surface area contributed by atoms with Gasteiger partial charge in [0.1, 0.15) is 0 Å². The van der Waals surface area contributed by atoms with Crippen molar-refractivity contribution in [2.45, 2.75) is 32.0 Å². The summed E-state index contributed by atoms with van der Waals surface area (Å²) in [5.41, 5.74) is 8.24. The van der Waals surface area contributed by atoms with Crippen LogP contribution in [0.2, 0.25) is 0 Å². The van der Waals surface area contributed by atoms with Crippen LogP contribution in [0.5, 0.6) is 0 Å². The van der Waals surface area contributed by atoms with Crippen LogP contribution in [0.1, 0.15) is 30.1 Å². The zero-order valence-corrected chi connectivity index (χ0v) is 10.5. The van der Waals surface area contributed by atoms with Gasteiger partial charge in [-0.25, -0.2) is 0 Å². The minimum absolute atomic E-state index is 0.103. The van der Waals surface area contributed by atoms with Gasteiger partial charge in [-0.3, -0.25) is 4.98 Å². The van der Waals surface area contributed by atoms with Crippen molar-refractivity contribution in [1.82, 2.24) is 4.98 Å². The largest absolute Gasteiger partial charge is 0.389 e. The Bertz CT molecular complexity index is 578. The summed E-state index contributed by atoms with van der Waals surface area (Å²) in [5, 5.41) is 0.894. The summed E-state index contributed by atoms with van der Waals surface area (Å²) in [4.78, 5) is 4.34. The molecule has 5 heteroatoms. The zero-order valence-electron chi connectivity index (χ0n) is 10.5. The molecule has 2 aromatic rings. The SMILES string of the molecule is Cc1ccc2cc(C(N)CCC(F)(F)F)ccc2n1. The van der Waals surface area contributed by atoms with Crippen LogP contribution in [0.25, 0.3) is 10.9 Å². The van der Waals surface area contributed by atoms with Gasteiger partial charge < -0.3 is 5.73 Å². The van der Waals surface area contributed by atoms with E-state index in [4.69, 9.17) is 5.73 Å². The molecule has 0 spiro atoms. The van der Waals surface area contributed by atoms with Gasteiger partial charge in [-0.2, -0.15) is 13.2 Å². The normalized spacial score (nSPS) is 13.7. The number of fused-ring (bicyclic) bond motifs is 1. The first-order valence-electron chi connectivity index (χ1n) is 6.05. The average molecular weight is 268 g/mol. The van der Waals surface area contributed by atoms with Crippen LogP contribution in [-0.4, -0.2) is 11.2 Å². The van der Waals surface area contributed by atoms with Gasteiger partial charge >= 0.3 is 6.18 Å². The summed E-state index contributed by atoms with van der Waals surface area (Å²) in [6.07, 6.45) is -5.13. The van der Waals surface area contributed by atoms with E-state index in [-0.39, 0.29) is 6.42 Å². The van der Waals surface area contributed by atoms with Crippen LogP contribution in [-0.2, 0) is 0 Å². The summed E-state index contributed by atoms with van der Waals surface area (Å²) >= 11 is 0. The minimum atomic E-state index is -4.16. The van der Waals surface area contributed by atoms with Crippen LogP contribution >= 0.6 is 0 Å². The molecular weight excluding hydrogens is 253 g/mol. The number of pyridine rings is 1. The number of rotatable bonds is 3. The number of benzene rings is 1. The summed E-state index contributed by atoms with van der Waals surface area (Å²) in [7, 11) is 0. The molecule has 1 heterocycles. The zero-order chi connectivity index (χ0) is 14.0. The van der Waals surface area contributed by atoms with Gasteiger partial charge in [0.05, 0.1) is 5.52 Å². The van der Waals surface area contributed by atoms with E-state index in [1.54, 1.807) is 12.1 Å². The third kappa shape index (κ3) is 3.67. The topological polar surface area (TPSA) is 38.9 Å². The number of aryl methyl sites for hydroxylation is 1. The highest BCUT2D eigenvalue weighted by molar-refractivity contribution is 5.79. The first-order chi connectivity index (χ1) is 8.85. The van der Waals surface area contributed by atoms with Crippen molar-refractivity contribution in [2.75, 3.05) is 0 Å². The standard InChI is InChI=1S/C14H15F3N2/c1-9-2-3-11-8-10(4-5-13(11)19-9)12(18)6-7-14(15,16)17/h2-5,8,12H,6-7,18H2,1H3. The molecule has 102 valence electrons. The predicted octanol–water partition coefficient (Wildman–Crippen LogP) is 3.89. The van der Waals surface area contributed by atoms with E-state index >= 15 is 0 Å². The van der Waals surface area contributed by atoms with Crippen molar-refractivity contribution in [2.24, 2.45) is 5.73 Å². The molecule has 0 saturated carbocycles. The number of hydrogen-bond acceptors (Lipinski definition) is 2. The maximum Gasteiger partial charge on any atom is 0.389 e. The van der Waals surface area contributed by atoms with Gasteiger partial charge in [-0.15, -0.1) is 0 Å². The van der Waals surface area contributed by atoms with Gasteiger partial charge in [0.15, 0.2) is 0 Å². The second-order valence-corrected chi connectivity index (χ2v) is 4.67. The van der Waals surface area contributed by atoms with E-state index in [9.17, 15) is 13.2 Å². The lowest BCUT2D eigenvalue weighted by atomic mass is 10.0. The van der Waals surface area contributed by atoms with Gasteiger partial charge in [-0.1, -0.05) is 12.1 Å². The molecule has 2 N–H and O–H groups in total. The van der Waals surface area contributed by atoms with E-state index in [0.717, 1.165) is 16.6 Å². The molecule has 0 amide bonds. The highest BCUT2D eigenvalue weighted by Crippen LogP contribution is 2.27. The fourth-order valence-electron chi connectivity index (χ4n) is 1.96. The Morgan fingerprint density at radius 3 is 2.63 bits per heavy atom. The van der Waals surface area contributed by atoms with Crippen LogP contribution < -0.4 is 5.73 Å². The Kier molecular flexibility index (Phi) is 3.75. The lowest BCUT2D eigenvalue weighted by molar-refractivity contribution is -0.136. The van der Waals surface area contributed by atoms with Crippen molar-refractivity contribution < 1.29 is 13.2 Å². The summed E-state index contributed by atoms with van der Waals surface area (Å²) in [6, 6.07) is 8.52.